The van der Waals surface area contributed by atoms with Crippen LogP contribution in [0, 0.1) is 0 Å². The van der Waals surface area contributed by atoms with Crippen LogP contribution in [-0.2, 0) is 9.53 Å². The number of carbonyl (C=O) groups is 1. The predicted molar refractivity (Wildman–Crippen MR) is 93.9 cm³/mol. The Balaban J connectivity index is 2.14. The number of halogens is 1. The minimum absolute atomic E-state index is 0.400. The zero-order valence-electron chi connectivity index (χ0n) is 12.6. The highest BCUT2D eigenvalue weighted by Gasteiger charge is 2.23. The van der Waals surface area contributed by atoms with Gasteiger partial charge < -0.3 is 9.47 Å². The smallest absolute Gasteiger partial charge is 0.330 e. The number of ether oxygens (including phenoxy) is 2. The number of thioether (sulfide) groups is 1. The Hall–Kier alpha value is -1.91. The molecule has 2 aromatic carbocycles. The van der Waals surface area contributed by atoms with Crippen molar-refractivity contribution in [2.24, 2.45) is 0 Å². The van der Waals surface area contributed by atoms with Gasteiger partial charge in [0, 0.05) is 16.0 Å². The maximum atomic E-state index is 11.5. The van der Waals surface area contributed by atoms with Crippen molar-refractivity contribution >= 4 is 29.3 Å². The van der Waals surface area contributed by atoms with E-state index >= 15 is 0 Å². The van der Waals surface area contributed by atoms with Crippen LogP contribution in [0.2, 0.25) is 5.02 Å². The SMILES string of the molecule is C=CC(=O)OC(C)C(Oc1ccc(Cl)cc1)Sc1ccccc1. The molecular formula is C18H17ClO3S. The summed E-state index contributed by atoms with van der Waals surface area (Å²) < 4.78 is 11.3. The lowest BCUT2D eigenvalue weighted by atomic mass is 10.3. The lowest BCUT2D eigenvalue weighted by Gasteiger charge is -2.24. The van der Waals surface area contributed by atoms with Crippen LogP contribution < -0.4 is 4.74 Å². The van der Waals surface area contributed by atoms with Crippen LogP contribution in [0.4, 0.5) is 0 Å². The molecule has 0 fully saturated rings. The first kappa shape index (κ1) is 17.4. The molecule has 2 atom stereocenters. The molecule has 0 bridgehead atoms. The highest BCUT2D eigenvalue weighted by Crippen LogP contribution is 2.29. The van der Waals surface area contributed by atoms with Crippen molar-refractivity contribution in [3.8, 4) is 5.75 Å². The second kappa shape index (κ2) is 8.65. The fourth-order valence-electron chi connectivity index (χ4n) is 1.78. The maximum Gasteiger partial charge on any atom is 0.330 e. The molecule has 0 aliphatic rings. The average molecular weight is 349 g/mol. The largest absolute Gasteiger partial charge is 0.476 e. The molecule has 2 unspecified atom stereocenters. The van der Waals surface area contributed by atoms with Gasteiger partial charge >= 0.3 is 5.97 Å². The normalized spacial score (nSPS) is 13.0. The Morgan fingerprint density at radius 3 is 2.43 bits per heavy atom. The number of carbonyl (C=O) groups excluding carboxylic acids is 1. The molecule has 5 heteroatoms. The van der Waals surface area contributed by atoms with E-state index in [-0.39, 0.29) is 0 Å². The average Bonchev–Trinajstić information content (AvgIpc) is 2.57. The molecule has 3 nitrogen and oxygen atoms in total. The summed E-state index contributed by atoms with van der Waals surface area (Å²) in [5.41, 5.74) is -0.400. The summed E-state index contributed by atoms with van der Waals surface area (Å²) >= 11 is 7.37. The third-order valence-corrected chi connectivity index (χ3v) is 4.42. The first-order valence-corrected chi connectivity index (χ1v) is 8.31. The molecule has 2 aromatic rings. The van der Waals surface area contributed by atoms with Crippen LogP contribution >= 0.6 is 23.4 Å². The summed E-state index contributed by atoms with van der Waals surface area (Å²) in [6.45, 7) is 5.20. The molecule has 0 amide bonds. The van der Waals surface area contributed by atoms with E-state index in [0.29, 0.717) is 10.8 Å². The standard InChI is InChI=1S/C18H17ClO3S/c1-3-17(20)21-13(2)18(23-16-7-5-4-6-8-16)22-15-11-9-14(19)10-12-15/h3-13,18H,1H2,2H3. The van der Waals surface area contributed by atoms with E-state index in [1.807, 2.05) is 30.3 Å². The zero-order chi connectivity index (χ0) is 16.7. The Morgan fingerprint density at radius 1 is 1.17 bits per heavy atom. The minimum Gasteiger partial charge on any atom is -0.476 e. The van der Waals surface area contributed by atoms with Crippen LogP contribution in [0.25, 0.3) is 0 Å². The molecule has 0 saturated heterocycles. The van der Waals surface area contributed by atoms with Gasteiger partial charge in [-0.05, 0) is 43.3 Å². The van der Waals surface area contributed by atoms with E-state index in [0.717, 1.165) is 11.0 Å². The number of rotatable bonds is 7. The third kappa shape index (κ3) is 5.66. The van der Waals surface area contributed by atoms with Gasteiger partial charge in [-0.25, -0.2) is 4.79 Å². The molecule has 0 saturated carbocycles. The predicted octanol–water partition coefficient (Wildman–Crippen LogP) is 4.95. The molecule has 2 rings (SSSR count). The highest BCUT2D eigenvalue weighted by atomic mass is 35.5. The Bertz CT molecular complexity index is 643. The summed E-state index contributed by atoms with van der Waals surface area (Å²) in [6, 6.07) is 16.9. The molecule has 0 aliphatic carbocycles. The van der Waals surface area contributed by atoms with Crippen molar-refractivity contribution in [3.05, 3.63) is 72.3 Å². The first-order chi connectivity index (χ1) is 11.1. The Morgan fingerprint density at radius 2 is 1.83 bits per heavy atom. The second-order valence-corrected chi connectivity index (χ2v) is 6.33. The number of esters is 1. The summed E-state index contributed by atoms with van der Waals surface area (Å²) in [5, 5.41) is 0.635. The summed E-state index contributed by atoms with van der Waals surface area (Å²) in [4.78, 5) is 12.5. The van der Waals surface area contributed by atoms with Crippen LogP contribution in [0.15, 0.2) is 72.1 Å². The van der Waals surface area contributed by atoms with E-state index in [9.17, 15) is 4.79 Å². The highest BCUT2D eigenvalue weighted by molar-refractivity contribution is 7.99. The van der Waals surface area contributed by atoms with E-state index in [2.05, 4.69) is 6.58 Å². The lowest BCUT2D eigenvalue weighted by Crippen LogP contribution is -2.30. The van der Waals surface area contributed by atoms with Crippen molar-refractivity contribution < 1.29 is 14.3 Å². The molecule has 0 aromatic heterocycles. The van der Waals surface area contributed by atoms with Gasteiger partial charge in [-0.1, -0.05) is 48.1 Å². The molecule has 120 valence electrons. The molecule has 0 N–H and O–H groups in total. The van der Waals surface area contributed by atoms with E-state index in [1.165, 1.54) is 11.8 Å². The van der Waals surface area contributed by atoms with E-state index in [1.54, 1.807) is 31.2 Å². The van der Waals surface area contributed by atoms with Crippen LogP contribution in [0.5, 0.6) is 5.75 Å². The fraction of sp³-hybridized carbons (Fsp3) is 0.167. The monoisotopic (exact) mass is 348 g/mol. The minimum atomic E-state index is -0.476. The number of hydrogen-bond acceptors (Lipinski definition) is 4. The van der Waals surface area contributed by atoms with Gasteiger partial charge in [0.15, 0.2) is 5.44 Å². The molecular weight excluding hydrogens is 332 g/mol. The molecule has 0 spiro atoms. The molecule has 0 heterocycles. The van der Waals surface area contributed by atoms with Gasteiger partial charge in [0.2, 0.25) is 0 Å². The Labute approximate surface area is 145 Å². The van der Waals surface area contributed by atoms with E-state index in [4.69, 9.17) is 21.1 Å². The second-order valence-electron chi connectivity index (χ2n) is 4.72. The lowest BCUT2D eigenvalue weighted by molar-refractivity contribution is -0.144. The van der Waals surface area contributed by atoms with Gasteiger partial charge in [-0.3, -0.25) is 0 Å². The quantitative estimate of drug-likeness (QED) is 0.307. The third-order valence-electron chi connectivity index (χ3n) is 2.91. The Kier molecular flexibility index (Phi) is 6.56. The maximum absolute atomic E-state index is 11.5. The number of hydrogen-bond donors (Lipinski definition) is 0. The zero-order valence-corrected chi connectivity index (χ0v) is 14.2. The van der Waals surface area contributed by atoms with Crippen molar-refractivity contribution in [2.75, 3.05) is 0 Å². The van der Waals surface area contributed by atoms with Crippen molar-refractivity contribution in [3.63, 3.8) is 0 Å². The first-order valence-electron chi connectivity index (χ1n) is 7.05. The van der Waals surface area contributed by atoms with Crippen molar-refractivity contribution in [2.45, 2.75) is 23.4 Å². The van der Waals surface area contributed by atoms with Gasteiger partial charge in [0.05, 0.1) is 0 Å². The van der Waals surface area contributed by atoms with Gasteiger partial charge in [-0.2, -0.15) is 0 Å². The van der Waals surface area contributed by atoms with E-state index < -0.39 is 17.5 Å². The topological polar surface area (TPSA) is 35.5 Å². The number of benzene rings is 2. The van der Waals surface area contributed by atoms with Crippen LogP contribution in [0.3, 0.4) is 0 Å². The van der Waals surface area contributed by atoms with Gasteiger partial charge in [-0.15, -0.1) is 0 Å². The summed E-state index contributed by atoms with van der Waals surface area (Å²) in [5.74, 6) is 0.181. The fourth-order valence-corrected chi connectivity index (χ4v) is 2.90. The summed E-state index contributed by atoms with van der Waals surface area (Å²) in [7, 11) is 0. The van der Waals surface area contributed by atoms with Crippen LogP contribution in [-0.4, -0.2) is 17.5 Å². The van der Waals surface area contributed by atoms with Crippen LogP contribution in [0.1, 0.15) is 6.92 Å². The summed E-state index contributed by atoms with van der Waals surface area (Å²) in [6.07, 6.45) is 0.685. The molecule has 23 heavy (non-hydrogen) atoms. The van der Waals surface area contributed by atoms with Gasteiger partial charge in [0.1, 0.15) is 11.9 Å². The van der Waals surface area contributed by atoms with Gasteiger partial charge in [0.25, 0.3) is 0 Å². The van der Waals surface area contributed by atoms with Crippen molar-refractivity contribution in [1.82, 2.24) is 0 Å². The van der Waals surface area contributed by atoms with Crippen molar-refractivity contribution in [1.29, 1.82) is 0 Å². The molecule has 0 radical (unpaired) electrons. The molecule has 0 aliphatic heterocycles.